The zero-order valence-electron chi connectivity index (χ0n) is 14.0. The average molecular weight is 322 g/mol. The maximum absolute atomic E-state index is 12.0. The zero-order valence-corrected chi connectivity index (χ0v) is 14.0. The zero-order chi connectivity index (χ0) is 17.2. The van der Waals surface area contributed by atoms with Gasteiger partial charge < -0.3 is 20.1 Å². The predicted molar refractivity (Wildman–Crippen MR) is 88.5 cm³/mol. The number of benzene rings is 1. The molecule has 0 aromatic heterocycles. The smallest absolute Gasteiger partial charge is 0.317 e. The molecule has 0 spiro atoms. The fraction of sp³-hybridized carbons (Fsp3) is 0.529. The Balaban J connectivity index is 2.46. The summed E-state index contributed by atoms with van der Waals surface area (Å²) < 4.78 is 5.63. The Morgan fingerprint density at radius 1 is 1.39 bits per heavy atom. The molecule has 6 nitrogen and oxygen atoms in total. The third-order valence-electron chi connectivity index (χ3n) is 3.42. The lowest BCUT2D eigenvalue weighted by atomic mass is 10.2. The third-order valence-corrected chi connectivity index (χ3v) is 3.42. The van der Waals surface area contributed by atoms with Crippen LogP contribution in [-0.4, -0.2) is 42.2 Å². The highest BCUT2D eigenvalue weighted by atomic mass is 16.5. The first-order chi connectivity index (χ1) is 10.9. The van der Waals surface area contributed by atoms with Crippen molar-refractivity contribution in [2.75, 3.05) is 20.2 Å². The highest BCUT2D eigenvalue weighted by molar-refractivity contribution is 5.75. The van der Waals surface area contributed by atoms with Gasteiger partial charge in [0.15, 0.2) is 0 Å². The molecule has 1 rings (SSSR count). The number of aliphatic carboxylic acids is 1. The lowest BCUT2D eigenvalue weighted by Gasteiger charge is -2.20. The van der Waals surface area contributed by atoms with Gasteiger partial charge in [-0.3, -0.25) is 4.79 Å². The normalized spacial score (nSPS) is 11.6. The molecule has 1 aromatic carbocycles. The summed E-state index contributed by atoms with van der Waals surface area (Å²) in [5.41, 5.74) is 0.937. The lowest BCUT2D eigenvalue weighted by Crippen LogP contribution is -2.40. The molecule has 128 valence electrons. The Hall–Kier alpha value is -2.24. The Morgan fingerprint density at radius 2 is 2.13 bits per heavy atom. The molecular formula is C17H26N2O4. The monoisotopic (exact) mass is 322 g/mol. The molecule has 6 heteroatoms. The quantitative estimate of drug-likeness (QED) is 0.685. The number of ether oxygens (including phenoxy) is 1. The molecule has 2 amide bonds. The minimum atomic E-state index is -0.915. The van der Waals surface area contributed by atoms with Crippen molar-refractivity contribution in [3.63, 3.8) is 0 Å². The summed E-state index contributed by atoms with van der Waals surface area (Å²) in [5, 5.41) is 11.6. The lowest BCUT2D eigenvalue weighted by molar-refractivity contribution is -0.141. The largest absolute Gasteiger partial charge is 0.494 e. The van der Waals surface area contributed by atoms with E-state index in [1.54, 1.807) is 14.0 Å². The minimum Gasteiger partial charge on any atom is -0.494 e. The summed E-state index contributed by atoms with van der Waals surface area (Å²) in [5.74, 6) is -0.722. The van der Waals surface area contributed by atoms with Gasteiger partial charge in [-0.05, 0) is 24.1 Å². The molecule has 23 heavy (non-hydrogen) atoms. The standard InChI is InChI=1S/C17H26N2O4/c1-4-5-9-23-15-8-6-7-14(10-15)11-18-17(22)19(3)12-13(2)16(20)21/h6-8,10,13H,4-5,9,11-12H2,1-3H3,(H,18,22)(H,20,21). The molecular weight excluding hydrogens is 296 g/mol. The van der Waals surface area contributed by atoms with Gasteiger partial charge in [0.05, 0.1) is 12.5 Å². The molecule has 0 aliphatic carbocycles. The summed E-state index contributed by atoms with van der Waals surface area (Å²) in [7, 11) is 1.58. The number of rotatable bonds is 9. The van der Waals surface area contributed by atoms with Gasteiger partial charge in [0.2, 0.25) is 0 Å². The number of amides is 2. The molecule has 2 N–H and O–H groups in total. The molecule has 0 bridgehead atoms. The van der Waals surface area contributed by atoms with Crippen molar-refractivity contribution in [3.8, 4) is 5.75 Å². The number of urea groups is 1. The van der Waals surface area contributed by atoms with Crippen LogP contribution in [0.4, 0.5) is 4.79 Å². The molecule has 0 heterocycles. The van der Waals surface area contributed by atoms with Crippen molar-refractivity contribution in [3.05, 3.63) is 29.8 Å². The molecule has 0 saturated heterocycles. The maximum Gasteiger partial charge on any atom is 0.317 e. The number of nitrogens with one attached hydrogen (secondary N) is 1. The first-order valence-corrected chi connectivity index (χ1v) is 7.87. The van der Waals surface area contributed by atoms with Gasteiger partial charge in [-0.2, -0.15) is 0 Å². The van der Waals surface area contributed by atoms with Crippen molar-refractivity contribution in [1.29, 1.82) is 0 Å². The summed E-state index contributed by atoms with van der Waals surface area (Å²) in [6, 6.07) is 7.29. The van der Waals surface area contributed by atoms with E-state index in [0.717, 1.165) is 24.2 Å². The number of hydrogen-bond donors (Lipinski definition) is 2. The van der Waals surface area contributed by atoms with E-state index in [0.29, 0.717) is 13.2 Å². The van der Waals surface area contributed by atoms with E-state index in [2.05, 4.69) is 12.2 Å². The SMILES string of the molecule is CCCCOc1cccc(CNC(=O)N(C)CC(C)C(=O)O)c1. The van der Waals surface area contributed by atoms with Crippen LogP contribution < -0.4 is 10.1 Å². The topological polar surface area (TPSA) is 78.9 Å². The minimum absolute atomic E-state index is 0.168. The fourth-order valence-electron chi connectivity index (χ4n) is 1.96. The molecule has 0 saturated carbocycles. The first kappa shape index (κ1) is 18.8. The van der Waals surface area contributed by atoms with E-state index in [-0.39, 0.29) is 12.6 Å². The van der Waals surface area contributed by atoms with Gasteiger partial charge in [-0.25, -0.2) is 4.79 Å². The van der Waals surface area contributed by atoms with Crippen LogP contribution in [0.5, 0.6) is 5.75 Å². The van der Waals surface area contributed by atoms with E-state index in [1.165, 1.54) is 4.90 Å². The van der Waals surface area contributed by atoms with Crippen LogP contribution in [0, 0.1) is 5.92 Å². The van der Waals surface area contributed by atoms with E-state index < -0.39 is 11.9 Å². The average Bonchev–Trinajstić information content (AvgIpc) is 2.53. The summed E-state index contributed by atoms with van der Waals surface area (Å²) in [6.45, 7) is 4.90. The van der Waals surface area contributed by atoms with Crippen molar-refractivity contribution in [1.82, 2.24) is 10.2 Å². The number of unbranched alkanes of at least 4 members (excludes halogenated alkanes) is 1. The highest BCUT2D eigenvalue weighted by Crippen LogP contribution is 2.13. The van der Waals surface area contributed by atoms with Crippen molar-refractivity contribution in [2.45, 2.75) is 33.2 Å². The van der Waals surface area contributed by atoms with Crippen LogP contribution in [0.15, 0.2) is 24.3 Å². The second-order valence-corrected chi connectivity index (χ2v) is 5.63. The number of carbonyl (C=O) groups is 2. The van der Waals surface area contributed by atoms with Gasteiger partial charge in [-0.15, -0.1) is 0 Å². The van der Waals surface area contributed by atoms with Crippen molar-refractivity contribution in [2.24, 2.45) is 5.92 Å². The number of carboxylic acids is 1. The van der Waals surface area contributed by atoms with Gasteiger partial charge in [0.25, 0.3) is 0 Å². The highest BCUT2D eigenvalue weighted by Gasteiger charge is 2.17. The number of carbonyl (C=O) groups excluding carboxylic acids is 1. The second kappa shape index (κ2) is 9.71. The van der Waals surface area contributed by atoms with Crippen LogP contribution in [0.25, 0.3) is 0 Å². The molecule has 0 aliphatic rings. The first-order valence-electron chi connectivity index (χ1n) is 7.87. The van der Waals surface area contributed by atoms with Gasteiger partial charge in [0, 0.05) is 20.1 Å². The fourth-order valence-corrected chi connectivity index (χ4v) is 1.96. The second-order valence-electron chi connectivity index (χ2n) is 5.63. The third kappa shape index (κ3) is 7.04. The number of hydrogen-bond acceptors (Lipinski definition) is 3. The molecule has 0 aliphatic heterocycles. The van der Waals surface area contributed by atoms with E-state index in [9.17, 15) is 9.59 Å². The van der Waals surface area contributed by atoms with Crippen molar-refractivity contribution >= 4 is 12.0 Å². The van der Waals surface area contributed by atoms with Crippen LogP contribution >= 0.6 is 0 Å². The van der Waals surface area contributed by atoms with E-state index in [4.69, 9.17) is 9.84 Å². The number of carboxylic acid groups (broad SMARTS) is 1. The van der Waals surface area contributed by atoms with Gasteiger partial charge >= 0.3 is 12.0 Å². The van der Waals surface area contributed by atoms with Crippen LogP contribution in [-0.2, 0) is 11.3 Å². The summed E-state index contributed by atoms with van der Waals surface area (Å²) >= 11 is 0. The van der Waals surface area contributed by atoms with Gasteiger partial charge in [0.1, 0.15) is 5.75 Å². The Kier molecular flexibility index (Phi) is 7.94. The Bertz CT molecular complexity index is 519. The van der Waals surface area contributed by atoms with E-state index >= 15 is 0 Å². The predicted octanol–water partition coefficient (Wildman–Crippen LogP) is 2.73. The Labute approximate surface area is 137 Å². The van der Waals surface area contributed by atoms with E-state index in [1.807, 2.05) is 24.3 Å². The molecule has 0 radical (unpaired) electrons. The summed E-state index contributed by atoms with van der Waals surface area (Å²) in [6.07, 6.45) is 2.09. The van der Waals surface area contributed by atoms with Crippen molar-refractivity contribution < 1.29 is 19.4 Å². The maximum atomic E-state index is 12.0. The van der Waals surface area contributed by atoms with Crippen LogP contribution in [0.2, 0.25) is 0 Å². The van der Waals surface area contributed by atoms with Crippen LogP contribution in [0.3, 0.4) is 0 Å². The molecule has 1 aromatic rings. The molecule has 1 atom stereocenters. The molecule has 0 fully saturated rings. The molecule has 1 unspecified atom stereocenters. The Morgan fingerprint density at radius 3 is 2.78 bits per heavy atom. The summed E-state index contributed by atoms with van der Waals surface area (Å²) in [4.78, 5) is 24.1. The van der Waals surface area contributed by atoms with Crippen LogP contribution in [0.1, 0.15) is 32.3 Å². The van der Waals surface area contributed by atoms with Gasteiger partial charge in [-0.1, -0.05) is 32.4 Å². The number of nitrogens with zero attached hydrogens (tertiary/aromatic N) is 1.